The van der Waals surface area contributed by atoms with Crippen LogP contribution < -0.4 is 9.86 Å². The Bertz CT molecular complexity index is 824. The molecule has 114 valence electrons. The van der Waals surface area contributed by atoms with E-state index in [1.54, 1.807) is 0 Å². The van der Waals surface area contributed by atoms with Gasteiger partial charge in [-0.1, -0.05) is 6.07 Å². The number of sulfone groups is 1. The Morgan fingerprint density at radius 3 is 2.10 bits per heavy atom. The first kappa shape index (κ1) is 16.9. The van der Waals surface area contributed by atoms with Gasteiger partial charge in [-0.25, -0.2) is 30.4 Å². The highest BCUT2D eigenvalue weighted by Gasteiger charge is 2.21. The van der Waals surface area contributed by atoms with Crippen LogP contribution in [-0.4, -0.2) is 36.6 Å². The molecule has 0 heterocycles. The summed E-state index contributed by atoms with van der Waals surface area (Å²) >= 11 is 0. The fraction of sp³-hybridized carbons (Fsp3) is 0.333. The Labute approximate surface area is 118 Å². The first-order valence-electron chi connectivity index (χ1n) is 5.12. The van der Waals surface area contributed by atoms with Crippen molar-refractivity contribution in [1.29, 1.82) is 0 Å². The van der Waals surface area contributed by atoms with Gasteiger partial charge in [0.1, 0.15) is 0 Å². The first-order valence-corrected chi connectivity index (χ1v) is 10.4. The minimum absolute atomic E-state index is 0.0415. The van der Waals surface area contributed by atoms with Crippen molar-refractivity contribution in [2.45, 2.75) is 11.8 Å². The van der Waals surface area contributed by atoms with Crippen LogP contribution in [0.25, 0.3) is 0 Å². The van der Waals surface area contributed by atoms with Gasteiger partial charge in [-0.05, 0) is 24.6 Å². The molecule has 11 heteroatoms. The topological polar surface area (TPSA) is 140 Å². The maximum Gasteiger partial charge on any atom is 0.247 e. The van der Waals surface area contributed by atoms with E-state index in [4.69, 9.17) is 5.14 Å². The normalized spacial score (nSPS) is 13.2. The fourth-order valence-corrected chi connectivity index (χ4v) is 5.36. The molecule has 0 radical (unpaired) electrons. The predicted molar refractivity (Wildman–Crippen MR) is 74.8 cm³/mol. The molecule has 0 aliphatic rings. The quantitative estimate of drug-likeness (QED) is 0.731. The van der Waals surface area contributed by atoms with Crippen LogP contribution in [0.1, 0.15) is 5.56 Å². The van der Waals surface area contributed by atoms with Crippen LogP contribution in [0, 0.1) is 6.92 Å². The van der Waals surface area contributed by atoms with Crippen molar-refractivity contribution >= 4 is 35.6 Å². The third-order valence-electron chi connectivity index (χ3n) is 2.23. The molecule has 8 nitrogen and oxygen atoms in total. The van der Waals surface area contributed by atoms with Gasteiger partial charge in [-0.3, -0.25) is 4.72 Å². The van der Waals surface area contributed by atoms with E-state index in [1.807, 2.05) is 4.72 Å². The van der Waals surface area contributed by atoms with Crippen LogP contribution in [-0.2, 0) is 29.9 Å². The summed E-state index contributed by atoms with van der Waals surface area (Å²) in [7, 11) is -11.9. The molecular formula is C9H14N2O6S3. The molecule has 0 unspecified atom stereocenters. The second-order valence-corrected chi connectivity index (χ2v) is 9.99. The van der Waals surface area contributed by atoms with E-state index in [1.165, 1.54) is 25.1 Å². The van der Waals surface area contributed by atoms with E-state index in [0.717, 1.165) is 6.26 Å². The van der Waals surface area contributed by atoms with Gasteiger partial charge < -0.3 is 0 Å². The summed E-state index contributed by atoms with van der Waals surface area (Å²) in [5.74, 6) is 0. The monoisotopic (exact) mass is 342 g/mol. The number of hydrogen-bond acceptors (Lipinski definition) is 6. The van der Waals surface area contributed by atoms with Crippen LogP contribution in [0.15, 0.2) is 23.1 Å². The third kappa shape index (κ3) is 4.74. The van der Waals surface area contributed by atoms with Gasteiger partial charge in [0.2, 0.25) is 20.0 Å². The number of sulfonamides is 2. The van der Waals surface area contributed by atoms with Crippen molar-refractivity contribution in [2.75, 3.05) is 16.1 Å². The maximum atomic E-state index is 11.7. The lowest BCUT2D eigenvalue weighted by molar-refractivity contribution is 0.592. The summed E-state index contributed by atoms with van der Waals surface area (Å²) in [6.07, 6.45) is 0.778. The number of primary sulfonamides is 1. The lowest BCUT2D eigenvalue weighted by atomic mass is 10.2. The van der Waals surface area contributed by atoms with Crippen molar-refractivity contribution in [3.05, 3.63) is 23.8 Å². The SMILES string of the molecule is Cc1c(NS(=O)(=O)CS(C)(=O)=O)cccc1S(N)(=O)=O. The van der Waals surface area contributed by atoms with Gasteiger partial charge >= 0.3 is 0 Å². The minimum Gasteiger partial charge on any atom is -0.282 e. The van der Waals surface area contributed by atoms with E-state index < -0.39 is 35.0 Å². The molecule has 1 rings (SSSR count). The fourth-order valence-electron chi connectivity index (χ4n) is 1.51. The molecule has 20 heavy (non-hydrogen) atoms. The molecule has 0 bridgehead atoms. The zero-order chi connectivity index (χ0) is 15.8. The van der Waals surface area contributed by atoms with E-state index >= 15 is 0 Å². The van der Waals surface area contributed by atoms with Crippen molar-refractivity contribution in [1.82, 2.24) is 0 Å². The number of nitrogens with one attached hydrogen (secondary N) is 1. The third-order valence-corrected chi connectivity index (χ3v) is 6.77. The summed E-state index contributed by atoms with van der Waals surface area (Å²) in [5, 5.41) is 3.89. The second kappa shape index (κ2) is 5.31. The number of anilines is 1. The summed E-state index contributed by atoms with van der Waals surface area (Å²) in [6.45, 7) is 1.36. The van der Waals surface area contributed by atoms with Gasteiger partial charge in [-0.2, -0.15) is 0 Å². The molecule has 0 atom stereocenters. The van der Waals surface area contributed by atoms with Crippen LogP contribution in [0.4, 0.5) is 5.69 Å². The van der Waals surface area contributed by atoms with E-state index in [2.05, 4.69) is 0 Å². The highest BCUT2D eigenvalue weighted by Crippen LogP contribution is 2.23. The Morgan fingerprint density at radius 1 is 1.10 bits per heavy atom. The van der Waals surface area contributed by atoms with Crippen molar-refractivity contribution in [2.24, 2.45) is 5.14 Å². The summed E-state index contributed by atoms with van der Waals surface area (Å²) in [5.41, 5.74) is 0.0484. The number of rotatable bonds is 5. The minimum atomic E-state index is -4.15. The van der Waals surface area contributed by atoms with E-state index in [0.29, 0.717) is 0 Å². The maximum absolute atomic E-state index is 11.7. The zero-order valence-corrected chi connectivity index (χ0v) is 13.1. The number of nitrogens with two attached hydrogens (primary N) is 1. The zero-order valence-electron chi connectivity index (χ0n) is 10.7. The van der Waals surface area contributed by atoms with Crippen LogP contribution in [0.3, 0.4) is 0 Å². The molecule has 0 spiro atoms. The Kier molecular flexibility index (Phi) is 4.49. The largest absolute Gasteiger partial charge is 0.282 e. The Balaban J connectivity index is 3.25. The molecule has 0 aliphatic carbocycles. The van der Waals surface area contributed by atoms with Gasteiger partial charge in [0.05, 0.1) is 10.6 Å². The number of benzene rings is 1. The average Bonchev–Trinajstić information content (AvgIpc) is 2.15. The number of hydrogen-bond donors (Lipinski definition) is 2. The first-order chi connectivity index (χ1) is 8.82. The molecule has 1 aromatic carbocycles. The van der Waals surface area contributed by atoms with Gasteiger partial charge in [0, 0.05) is 6.26 Å². The molecule has 0 saturated carbocycles. The van der Waals surface area contributed by atoms with Crippen molar-refractivity contribution in [3.63, 3.8) is 0 Å². The molecule has 0 saturated heterocycles. The highest BCUT2D eigenvalue weighted by atomic mass is 32.3. The van der Waals surface area contributed by atoms with Gasteiger partial charge in [0.25, 0.3) is 0 Å². The van der Waals surface area contributed by atoms with E-state index in [9.17, 15) is 25.3 Å². The van der Waals surface area contributed by atoms with Gasteiger partial charge in [0.15, 0.2) is 14.9 Å². The van der Waals surface area contributed by atoms with Crippen LogP contribution in [0.2, 0.25) is 0 Å². The summed E-state index contributed by atoms with van der Waals surface area (Å²) in [6, 6.07) is 3.83. The van der Waals surface area contributed by atoms with Crippen LogP contribution in [0.5, 0.6) is 0 Å². The molecule has 0 aliphatic heterocycles. The van der Waals surface area contributed by atoms with E-state index in [-0.39, 0.29) is 16.1 Å². The van der Waals surface area contributed by atoms with Crippen molar-refractivity contribution < 1.29 is 25.3 Å². The molecule has 0 aromatic heterocycles. The highest BCUT2D eigenvalue weighted by molar-refractivity contribution is 8.08. The Morgan fingerprint density at radius 2 is 1.65 bits per heavy atom. The standard InChI is InChI=1S/C9H14N2O6S3/c1-7-8(4-3-5-9(7)20(10,16)17)11-19(14,15)6-18(2,12)13/h3-5,11H,6H2,1-2H3,(H2,10,16,17). The summed E-state index contributed by atoms with van der Waals surface area (Å²) < 4.78 is 70.0. The second-order valence-electron chi connectivity index (χ2n) is 4.23. The molecular weight excluding hydrogens is 328 g/mol. The van der Waals surface area contributed by atoms with Crippen molar-refractivity contribution in [3.8, 4) is 0 Å². The smallest absolute Gasteiger partial charge is 0.247 e. The summed E-state index contributed by atoms with van der Waals surface area (Å²) in [4.78, 5) is -0.239. The molecule has 1 aromatic rings. The molecule has 0 amide bonds. The molecule has 0 fully saturated rings. The van der Waals surface area contributed by atoms with Crippen LogP contribution >= 0.6 is 0 Å². The average molecular weight is 342 g/mol. The Hall–Kier alpha value is -1.17. The lowest BCUT2D eigenvalue weighted by Crippen LogP contribution is -2.23. The predicted octanol–water partition coefficient (Wildman–Crippen LogP) is -0.614. The van der Waals surface area contributed by atoms with Gasteiger partial charge in [-0.15, -0.1) is 0 Å². The molecule has 3 N–H and O–H groups in total. The lowest BCUT2D eigenvalue weighted by Gasteiger charge is -2.12.